The molecule has 0 bridgehead atoms. The minimum atomic E-state index is -0.325. The average Bonchev–Trinajstić information content (AvgIpc) is 2.93. The molecule has 1 aromatic carbocycles. The lowest BCUT2D eigenvalue weighted by atomic mass is 9.69. The number of methoxy groups -OCH3 is 2. The number of amides is 1. The van der Waals surface area contributed by atoms with E-state index in [0.29, 0.717) is 24.5 Å². The van der Waals surface area contributed by atoms with Crippen LogP contribution in [0.2, 0.25) is 0 Å². The van der Waals surface area contributed by atoms with E-state index in [2.05, 4.69) is 0 Å². The van der Waals surface area contributed by atoms with Crippen molar-refractivity contribution in [3.8, 4) is 11.5 Å². The van der Waals surface area contributed by atoms with Crippen LogP contribution in [0.1, 0.15) is 18.4 Å². The molecule has 1 aliphatic heterocycles. The lowest BCUT2D eigenvalue weighted by Crippen LogP contribution is -2.44. The Bertz CT molecular complexity index is 640. The predicted molar refractivity (Wildman–Crippen MR) is 81.2 cm³/mol. The molecule has 5 heteroatoms. The van der Waals surface area contributed by atoms with Crippen molar-refractivity contribution in [3.05, 3.63) is 35.9 Å². The quantitative estimate of drug-likeness (QED) is 0.794. The first-order chi connectivity index (χ1) is 10.6. The SMILES string of the molecule is COc1ccc([C@@]23C=CC(=O)C[C@@H]2N(C=O)CC3)cc1OC. The summed E-state index contributed by atoms with van der Waals surface area (Å²) in [5, 5.41) is 0. The number of hydrogen-bond acceptors (Lipinski definition) is 4. The monoisotopic (exact) mass is 301 g/mol. The van der Waals surface area contributed by atoms with Crippen molar-refractivity contribution < 1.29 is 19.1 Å². The fourth-order valence-corrected chi connectivity index (χ4v) is 3.61. The highest BCUT2D eigenvalue weighted by molar-refractivity contribution is 5.92. The summed E-state index contributed by atoms with van der Waals surface area (Å²) in [6.45, 7) is 0.653. The number of benzene rings is 1. The summed E-state index contributed by atoms with van der Waals surface area (Å²) in [5.74, 6) is 1.39. The molecule has 0 N–H and O–H groups in total. The van der Waals surface area contributed by atoms with Gasteiger partial charge < -0.3 is 14.4 Å². The number of allylic oxidation sites excluding steroid dienone is 1. The smallest absolute Gasteiger partial charge is 0.210 e. The normalized spacial score (nSPS) is 26.7. The van der Waals surface area contributed by atoms with Crippen LogP contribution in [0.15, 0.2) is 30.4 Å². The molecule has 0 radical (unpaired) electrons. The van der Waals surface area contributed by atoms with E-state index in [4.69, 9.17) is 9.47 Å². The molecule has 1 heterocycles. The van der Waals surface area contributed by atoms with Crippen LogP contribution in [-0.2, 0) is 15.0 Å². The van der Waals surface area contributed by atoms with Crippen LogP contribution in [0.25, 0.3) is 0 Å². The Hall–Kier alpha value is -2.30. The number of rotatable bonds is 4. The Balaban J connectivity index is 2.10. The minimum absolute atomic E-state index is 0.0647. The molecule has 5 nitrogen and oxygen atoms in total. The van der Waals surface area contributed by atoms with Crippen LogP contribution in [0.5, 0.6) is 11.5 Å². The van der Waals surface area contributed by atoms with Gasteiger partial charge in [0.2, 0.25) is 6.41 Å². The molecule has 1 fully saturated rings. The van der Waals surface area contributed by atoms with Gasteiger partial charge in [-0.25, -0.2) is 0 Å². The van der Waals surface area contributed by atoms with Gasteiger partial charge in [0.1, 0.15) is 0 Å². The number of likely N-dealkylation sites (tertiary alicyclic amines) is 1. The fourth-order valence-electron chi connectivity index (χ4n) is 3.61. The second-order valence-corrected chi connectivity index (χ2v) is 5.72. The van der Waals surface area contributed by atoms with E-state index in [9.17, 15) is 9.59 Å². The molecule has 1 amide bonds. The van der Waals surface area contributed by atoms with Gasteiger partial charge in [-0.1, -0.05) is 12.1 Å². The molecule has 2 atom stereocenters. The van der Waals surface area contributed by atoms with E-state index in [-0.39, 0.29) is 17.2 Å². The Labute approximate surface area is 129 Å². The summed E-state index contributed by atoms with van der Waals surface area (Å²) < 4.78 is 10.7. The number of hydrogen-bond donors (Lipinski definition) is 0. The van der Waals surface area contributed by atoms with Crippen molar-refractivity contribution in [2.75, 3.05) is 20.8 Å². The van der Waals surface area contributed by atoms with Crippen molar-refractivity contribution in [2.24, 2.45) is 0 Å². The highest BCUT2D eigenvalue weighted by Gasteiger charge is 2.49. The van der Waals surface area contributed by atoms with Gasteiger partial charge in [0.15, 0.2) is 17.3 Å². The second-order valence-electron chi connectivity index (χ2n) is 5.72. The van der Waals surface area contributed by atoms with Crippen molar-refractivity contribution in [2.45, 2.75) is 24.3 Å². The third kappa shape index (κ3) is 2.08. The number of carbonyl (C=O) groups excluding carboxylic acids is 2. The molecule has 22 heavy (non-hydrogen) atoms. The third-order valence-corrected chi connectivity index (χ3v) is 4.80. The Morgan fingerprint density at radius 2 is 2.05 bits per heavy atom. The zero-order valence-electron chi connectivity index (χ0n) is 12.7. The van der Waals surface area contributed by atoms with Gasteiger partial charge in [-0.05, 0) is 30.2 Å². The third-order valence-electron chi connectivity index (χ3n) is 4.80. The number of nitrogens with zero attached hydrogens (tertiary/aromatic N) is 1. The van der Waals surface area contributed by atoms with Crippen molar-refractivity contribution in [3.63, 3.8) is 0 Å². The Morgan fingerprint density at radius 1 is 1.27 bits per heavy atom. The maximum absolute atomic E-state index is 11.8. The van der Waals surface area contributed by atoms with Crippen LogP contribution in [0.3, 0.4) is 0 Å². The predicted octanol–water partition coefficient (Wildman–Crippen LogP) is 1.70. The summed E-state index contributed by atoms with van der Waals surface area (Å²) in [7, 11) is 3.20. The molecule has 0 saturated carbocycles. The van der Waals surface area contributed by atoms with Gasteiger partial charge in [0, 0.05) is 18.4 Å². The topological polar surface area (TPSA) is 55.8 Å². The molecule has 116 valence electrons. The lowest BCUT2D eigenvalue weighted by Gasteiger charge is -2.37. The molecule has 0 spiro atoms. The standard InChI is InChI=1S/C17H19NO4/c1-21-14-4-3-12(9-15(14)22-2)17-6-5-13(20)10-16(17)18(11-19)8-7-17/h3-6,9,11,16H,7-8,10H2,1-2H3/t16-,17-/m0/s1. The number of carbonyl (C=O) groups is 2. The lowest BCUT2D eigenvalue weighted by molar-refractivity contribution is -0.121. The fraction of sp³-hybridized carbons (Fsp3) is 0.412. The number of fused-ring (bicyclic) bond motifs is 1. The molecular weight excluding hydrogens is 282 g/mol. The molecule has 1 aromatic rings. The number of ketones is 1. The summed E-state index contributed by atoms with van der Waals surface area (Å²) in [6.07, 6.45) is 5.61. The van der Waals surface area contributed by atoms with E-state index in [0.717, 1.165) is 18.4 Å². The van der Waals surface area contributed by atoms with Gasteiger partial charge in [0.05, 0.1) is 20.3 Å². The van der Waals surface area contributed by atoms with Gasteiger partial charge in [-0.3, -0.25) is 9.59 Å². The average molecular weight is 301 g/mol. The summed E-state index contributed by atoms with van der Waals surface area (Å²) in [4.78, 5) is 24.8. The first-order valence-corrected chi connectivity index (χ1v) is 7.30. The van der Waals surface area contributed by atoms with Gasteiger partial charge in [0.25, 0.3) is 0 Å². The van der Waals surface area contributed by atoms with Crippen LogP contribution >= 0.6 is 0 Å². The molecule has 3 rings (SSSR count). The maximum Gasteiger partial charge on any atom is 0.210 e. The van der Waals surface area contributed by atoms with E-state index in [1.807, 2.05) is 24.3 Å². The van der Waals surface area contributed by atoms with E-state index < -0.39 is 0 Å². The maximum atomic E-state index is 11.8. The number of ether oxygens (including phenoxy) is 2. The van der Waals surface area contributed by atoms with Gasteiger partial charge in [-0.15, -0.1) is 0 Å². The zero-order chi connectivity index (χ0) is 15.7. The highest BCUT2D eigenvalue weighted by atomic mass is 16.5. The van der Waals surface area contributed by atoms with Crippen LogP contribution in [-0.4, -0.2) is 43.9 Å². The largest absolute Gasteiger partial charge is 0.493 e. The second kappa shape index (κ2) is 5.48. The van der Waals surface area contributed by atoms with E-state index >= 15 is 0 Å². The molecule has 1 saturated heterocycles. The first-order valence-electron chi connectivity index (χ1n) is 7.30. The molecular formula is C17H19NO4. The summed E-state index contributed by atoms with van der Waals surface area (Å²) in [5.41, 5.74) is 0.720. The summed E-state index contributed by atoms with van der Waals surface area (Å²) >= 11 is 0. The van der Waals surface area contributed by atoms with E-state index in [1.54, 1.807) is 25.2 Å². The van der Waals surface area contributed by atoms with Crippen LogP contribution < -0.4 is 9.47 Å². The summed E-state index contributed by atoms with van der Waals surface area (Å²) in [6, 6.07) is 5.68. The van der Waals surface area contributed by atoms with E-state index in [1.165, 1.54) is 0 Å². The minimum Gasteiger partial charge on any atom is -0.493 e. The van der Waals surface area contributed by atoms with Crippen LogP contribution in [0, 0.1) is 0 Å². The van der Waals surface area contributed by atoms with Crippen molar-refractivity contribution >= 4 is 12.2 Å². The van der Waals surface area contributed by atoms with Crippen molar-refractivity contribution in [1.29, 1.82) is 0 Å². The molecule has 1 aliphatic carbocycles. The molecule has 2 aliphatic rings. The Kier molecular flexibility index (Phi) is 3.64. The van der Waals surface area contributed by atoms with Crippen LogP contribution in [0.4, 0.5) is 0 Å². The molecule has 0 unspecified atom stereocenters. The van der Waals surface area contributed by atoms with Gasteiger partial charge >= 0.3 is 0 Å². The first kappa shape index (κ1) is 14.6. The molecule has 0 aromatic heterocycles. The zero-order valence-corrected chi connectivity index (χ0v) is 12.7. The Morgan fingerprint density at radius 3 is 2.73 bits per heavy atom. The van der Waals surface area contributed by atoms with Gasteiger partial charge in [-0.2, -0.15) is 0 Å². The van der Waals surface area contributed by atoms with Crippen molar-refractivity contribution in [1.82, 2.24) is 4.90 Å². The highest BCUT2D eigenvalue weighted by Crippen LogP contribution is 2.46.